The quantitative estimate of drug-likeness (QED) is 0.660. The van der Waals surface area contributed by atoms with E-state index in [0.717, 1.165) is 6.26 Å². The molecule has 7 heteroatoms. The highest BCUT2D eigenvalue weighted by molar-refractivity contribution is 7.90. The molecule has 2 unspecified atom stereocenters. The maximum absolute atomic E-state index is 11.7. The number of carboxylic acid groups (broad SMARTS) is 1. The van der Waals surface area contributed by atoms with Crippen LogP contribution in [0.3, 0.4) is 0 Å². The summed E-state index contributed by atoms with van der Waals surface area (Å²) in [5.41, 5.74) is -0.521. The first-order chi connectivity index (χ1) is 8.07. The number of carbonyl (C=O) groups is 2. The van der Waals surface area contributed by atoms with Crippen LogP contribution in [0.1, 0.15) is 20.3 Å². The topological polar surface area (TPSA) is 101 Å². The molecule has 18 heavy (non-hydrogen) atoms. The molecule has 104 valence electrons. The Morgan fingerprint density at radius 2 is 1.83 bits per heavy atom. The fraction of sp³-hybridized carbons (Fsp3) is 0.818. The van der Waals surface area contributed by atoms with Crippen molar-refractivity contribution in [1.82, 2.24) is 5.32 Å². The minimum Gasteiger partial charge on any atom is -0.481 e. The molecule has 1 aliphatic rings. The van der Waals surface area contributed by atoms with Gasteiger partial charge in [-0.2, -0.15) is 0 Å². The van der Waals surface area contributed by atoms with Gasteiger partial charge in [0.05, 0.1) is 17.6 Å². The van der Waals surface area contributed by atoms with Crippen LogP contribution >= 0.6 is 0 Å². The van der Waals surface area contributed by atoms with Crippen LogP contribution in [0, 0.1) is 17.3 Å². The average Bonchev–Trinajstić information content (AvgIpc) is 2.75. The van der Waals surface area contributed by atoms with Crippen molar-refractivity contribution in [1.29, 1.82) is 0 Å². The third kappa shape index (κ3) is 3.44. The van der Waals surface area contributed by atoms with Gasteiger partial charge >= 0.3 is 5.97 Å². The van der Waals surface area contributed by atoms with Crippen LogP contribution in [0.25, 0.3) is 0 Å². The number of carbonyl (C=O) groups excluding carboxylic acids is 1. The van der Waals surface area contributed by atoms with Crippen molar-refractivity contribution in [2.45, 2.75) is 20.3 Å². The molecular weight excluding hydrogens is 258 g/mol. The summed E-state index contributed by atoms with van der Waals surface area (Å²) in [5.74, 6) is -2.42. The monoisotopic (exact) mass is 277 g/mol. The zero-order valence-electron chi connectivity index (χ0n) is 10.8. The van der Waals surface area contributed by atoms with E-state index in [4.69, 9.17) is 5.11 Å². The van der Waals surface area contributed by atoms with Gasteiger partial charge in [0.1, 0.15) is 9.84 Å². The first kappa shape index (κ1) is 14.9. The van der Waals surface area contributed by atoms with Crippen LogP contribution in [0.5, 0.6) is 0 Å². The summed E-state index contributed by atoms with van der Waals surface area (Å²) in [7, 11) is -3.02. The van der Waals surface area contributed by atoms with Crippen LogP contribution in [-0.4, -0.2) is 44.0 Å². The van der Waals surface area contributed by atoms with E-state index in [1.54, 1.807) is 13.8 Å². The molecule has 1 fully saturated rings. The molecule has 0 radical (unpaired) electrons. The van der Waals surface area contributed by atoms with E-state index in [1.165, 1.54) is 0 Å². The Labute approximate surface area is 107 Å². The minimum absolute atomic E-state index is 0.0176. The van der Waals surface area contributed by atoms with Gasteiger partial charge in [0.25, 0.3) is 0 Å². The molecule has 2 atom stereocenters. The predicted octanol–water partition coefficient (Wildman–Crippen LogP) is -0.106. The summed E-state index contributed by atoms with van der Waals surface area (Å²) >= 11 is 0. The first-order valence-corrected chi connectivity index (χ1v) is 7.81. The van der Waals surface area contributed by atoms with Gasteiger partial charge in [-0.15, -0.1) is 0 Å². The minimum atomic E-state index is -3.02. The molecule has 6 nitrogen and oxygen atoms in total. The Morgan fingerprint density at radius 3 is 2.22 bits per heavy atom. The summed E-state index contributed by atoms with van der Waals surface area (Å²) in [6, 6.07) is 0. The molecule has 1 saturated carbocycles. The van der Waals surface area contributed by atoms with E-state index < -0.39 is 33.1 Å². The Hall–Kier alpha value is -1.11. The van der Waals surface area contributed by atoms with Crippen LogP contribution in [0.4, 0.5) is 0 Å². The molecule has 0 spiro atoms. The van der Waals surface area contributed by atoms with Gasteiger partial charge in [0.15, 0.2) is 0 Å². The van der Waals surface area contributed by atoms with Crippen LogP contribution < -0.4 is 5.32 Å². The van der Waals surface area contributed by atoms with Gasteiger partial charge in [-0.3, -0.25) is 9.59 Å². The second-order valence-corrected chi connectivity index (χ2v) is 7.65. The molecular formula is C11H19NO5S. The zero-order chi connectivity index (χ0) is 14.1. The SMILES string of the molecule is CC1(C)C(C(=O)O)C1C(=O)NCCCS(C)(=O)=O. The third-order valence-corrected chi connectivity index (χ3v) is 4.40. The number of amides is 1. The van der Waals surface area contributed by atoms with E-state index >= 15 is 0 Å². The number of carboxylic acids is 1. The lowest BCUT2D eigenvalue weighted by molar-refractivity contribution is -0.140. The Kier molecular flexibility index (Phi) is 4.05. The maximum Gasteiger partial charge on any atom is 0.307 e. The van der Waals surface area contributed by atoms with Gasteiger partial charge in [-0.25, -0.2) is 8.42 Å². The highest BCUT2D eigenvalue weighted by Gasteiger charge is 2.65. The smallest absolute Gasteiger partial charge is 0.307 e. The number of hydrogen-bond donors (Lipinski definition) is 2. The third-order valence-electron chi connectivity index (χ3n) is 3.37. The lowest BCUT2D eigenvalue weighted by Gasteiger charge is -2.05. The summed E-state index contributed by atoms with van der Waals surface area (Å²) in [6.45, 7) is 3.74. The van der Waals surface area contributed by atoms with Gasteiger partial charge < -0.3 is 10.4 Å². The number of hydrogen-bond acceptors (Lipinski definition) is 4. The molecule has 0 aromatic heterocycles. The van der Waals surface area contributed by atoms with Crippen molar-refractivity contribution >= 4 is 21.7 Å². The second kappa shape index (κ2) is 4.87. The van der Waals surface area contributed by atoms with Gasteiger partial charge in [0, 0.05) is 12.8 Å². The molecule has 2 N–H and O–H groups in total. The van der Waals surface area contributed by atoms with E-state index in [-0.39, 0.29) is 18.2 Å². The summed E-state index contributed by atoms with van der Waals surface area (Å²) in [5, 5.41) is 11.5. The molecule has 0 heterocycles. The fourth-order valence-electron chi connectivity index (χ4n) is 2.24. The van der Waals surface area contributed by atoms with Gasteiger partial charge in [-0.1, -0.05) is 13.8 Å². The van der Waals surface area contributed by atoms with E-state index in [2.05, 4.69) is 5.32 Å². The van der Waals surface area contributed by atoms with Crippen molar-refractivity contribution < 1.29 is 23.1 Å². The largest absolute Gasteiger partial charge is 0.481 e. The van der Waals surface area contributed by atoms with Crippen molar-refractivity contribution in [3.63, 3.8) is 0 Å². The van der Waals surface area contributed by atoms with Gasteiger partial charge in [0.2, 0.25) is 5.91 Å². The molecule has 0 aliphatic heterocycles. The van der Waals surface area contributed by atoms with Gasteiger partial charge in [-0.05, 0) is 11.8 Å². The fourth-order valence-corrected chi connectivity index (χ4v) is 2.91. The molecule has 0 aromatic rings. The first-order valence-electron chi connectivity index (χ1n) is 5.75. The van der Waals surface area contributed by atoms with Crippen LogP contribution in [-0.2, 0) is 19.4 Å². The summed E-state index contributed by atoms with van der Waals surface area (Å²) < 4.78 is 21.8. The van der Waals surface area contributed by atoms with E-state index in [1.807, 2.05) is 0 Å². The molecule has 0 saturated heterocycles. The number of aliphatic carboxylic acids is 1. The predicted molar refractivity (Wildman–Crippen MR) is 65.7 cm³/mol. The normalized spacial score (nSPS) is 25.5. The number of sulfone groups is 1. The number of rotatable bonds is 6. The molecule has 1 rings (SSSR count). The Morgan fingerprint density at radius 1 is 1.28 bits per heavy atom. The van der Waals surface area contributed by atoms with Crippen LogP contribution in [0.15, 0.2) is 0 Å². The summed E-state index contributed by atoms with van der Waals surface area (Å²) in [6.07, 6.45) is 1.48. The maximum atomic E-state index is 11.7. The van der Waals surface area contributed by atoms with E-state index in [9.17, 15) is 18.0 Å². The Balaban J connectivity index is 2.38. The van der Waals surface area contributed by atoms with E-state index in [0.29, 0.717) is 6.42 Å². The van der Waals surface area contributed by atoms with Crippen molar-refractivity contribution in [3.05, 3.63) is 0 Å². The van der Waals surface area contributed by atoms with Crippen LogP contribution in [0.2, 0.25) is 0 Å². The average molecular weight is 277 g/mol. The zero-order valence-corrected chi connectivity index (χ0v) is 11.6. The molecule has 1 amide bonds. The molecule has 0 aromatic carbocycles. The Bertz CT molecular complexity index is 454. The molecule has 0 bridgehead atoms. The van der Waals surface area contributed by atoms with Crippen molar-refractivity contribution in [2.75, 3.05) is 18.6 Å². The highest BCUT2D eigenvalue weighted by Crippen LogP contribution is 2.58. The summed E-state index contributed by atoms with van der Waals surface area (Å²) in [4.78, 5) is 22.6. The van der Waals surface area contributed by atoms with Crippen molar-refractivity contribution in [2.24, 2.45) is 17.3 Å². The van der Waals surface area contributed by atoms with Crippen molar-refractivity contribution in [3.8, 4) is 0 Å². The number of nitrogens with one attached hydrogen (secondary N) is 1. The lowest BCUT2D eigenvalue weighted by Crippen LogP contribution is -2.29. The second-order valence-electron chi connectivity index (χ2n) is 5.39. The standard InChI is InChI=1S/C11H19NO5S/c1-11(2)7(8(11)10(14)15)9(13)12-5-4-6-18(3,16)17/h7-8H,4-6H2,1-3H3,(H,12,13)(H,14,15). The molecule has 1 aliphatic carbocycles. The highest BCUT2D eigenvalue weighted by atomic mass is 32.2. The lowest BCUT2D eigenvalue weighted by atomic mass is 10.1.